The van der Waals surface area contributed by atoms with Crippen molar-refractivity contribution in [3.05, 3.63) is 59.6 Å². The summed E-state index contributed by atoms with van der Waals surface area (Å²) in [6, 6.07) is 10.0. The Balaban J connectivity index is 1.96. The maximum atomic E-state index is 5.96. The standard InChI is InChI=1S/C16H11BrN4/c17-13-5-12-8-20-16(7-11(12)6-14(13)18)21-4-2-10-1-3-19-9-15(10)21/h1-9H,18H2. The Morgan fingerprint density at radius 3 is 2.81 bits per heavy atom. The fourth-order valence-corrected chi connectivity index (χ4v) is 2.84. The van der Waals surface area contributed by atoms with E-state index >= 15 is 0 Å². The van der Waals surface area contributed by atoms with Crippen LogP contribution in [-0.4, -0.2) is 14.5 Å². The van der Waals surface area contributed by atoms with Crippen LogP contribution in [0.5, 0.6) is 0 Å². The Kier molecular flexibility index (Phi) is 2.68. The minimum Gasteiger partial charge on any atom is -0.398 e. The number of nitrogens with two attached hydrogens (primary N) is 1. The van der Waals surface area contributed by atoms with Crippen molar-refractivity contribution in [1.82, 2.24) is 14.5 Å². The molecular weight excluding hydrogens is 328 g/mol. The van der Waals surface area contributed by atoms with Crippen LogP contribution >= 0.6 is 15.9 Å². The average molecular weight is 339 g/mol. The molecule has 2 N–H and O–H groups in total. The van der Waals surface area contributed by atoms with E-state index in [0.29, 0.717) is 0 Å². The molecule has 0 saturated heterocycles. The fourth-order valence-electron chi connectivity index (χ4n) is 2.48. The molecule has 4 aromatic rings. The minimum absolute atomic E-state index is 0.721. The van der Waals surface area contributed by atoms with Crippen molar-refractivity contribution in [1.29, 1.82) is 0 Å². The van der Waals surface area contributed by atoms with E-state index in [1.807, 2.05) is 47.4 Å². The lowest BCUT2D eigenvalue weighted by Gasteiger charge is -2.07. The van der Waals surface area contributed by atoms with E-state index in [-0.39, 0.29) is 0 Å². The largest absolute Gasteiger partial charge is 0.398 e. The van der Waals surface area contributed by atoms with Gasteiger partial charge < -0.3 is 5.73 Å². The maximum absolute atomic E-state index is 5.96. The van der Waals surface area contributed by atoms with Crippen molar-refractivity contribution in [3.8, 4) is 5.82 Å². The first-order valence-electron chi connectivity index (χ1n) is 6.48. The Morgan fingerprint density at radius 2 is 1.90 bits per heavy atom. The van der Waals surface area contributed by atoms with Gasteiger partial charge in [0, 0.05) is 39.5 Å². The summed E-state index contributed by atoms with van der Waals surface area (Å²) >= 11 is 3.44. The number of nitrogens with zero attached hydrogens (tertiary/aromatic N) is 3. The second-order valence-corrected chi connectivity index (χ2v) is 5.74. The third kappa shape index (κ3) is 1.97. The molecule has 0 fully saturated rings. The quantitative estimate of drug-likeness (QED) is 0.535. The highest BCUT2D eigenvalue weighted by molar-refractivity contribution is 9.10. The molecule has 0 saturated carbocycles. The summed E-state index contributed by atoms with van der Waals surface area (Å²) in [5.41, 5.74) is 7.72. The Bertz CT molecular complexity index is 975. The molecule has 5 heteroatoms. The zero-order chi connectivity index (χ0) is 14.4. The van der Waals surface area contributed by atoms with E-state index < -0.39 is 0 Å². The van der Waals surface area contributed by atoms with Crippen LogP contribution in [-0.2, 0) is 0 Å². The highest BCUT2D eigenvalue weighted by Gasteiger charge is 2.06. The predicted octanol–water partition coefficient (Wildman–Crippen LogP) is 3.92. The van der Waals surface area contributed by atoms with Gasteiger partial charge in [-0.15, -0.1) is 0 Å². The van der Waals surface area contributed by atoms with Gasteiger partial charge in [0.1, 0.15) is 5.82 Å². The van der Waals surface area contributed by atoms with Gasteiger partial charge in [-0.25, -0.2) is 4.98 Å². The number of fused-ring (bicyclic) bond motifs is 2. The number of nitrogen functional groups attached to an aromatic ring is 1. The van der Waals surface area contributed by atoms with Gasteiger partial charge in [0.2, 0.25) is 0 Å². The lowest BCUT2D eigenvalue weighted by molar-refractivity contribution is 1.05. The molecule has 0 unspecified atom stereocenters. The summed E-state index contributed by atoms with van der Waals surface area (Å²) in [7, 11) is 0. The number of halogens is 1. The minimum atomic E-state index is 0.721. The number of rotatable bonds is 1. The predicted molar refractivity (Wildman–Crippen MR) is 88.5 cm³/mol. The molecule has 4 nitrogen and oxygen atoms in total. The topological polar surface area (TPSA) is 56.7 Å². The summed E-state index contributed by atoms with van der Waals surface area (Å²) in [5, 5.41) is 3.25. The van der Waals surface area contributed by atoms with Crippen molar-refractivity contribution in [3.63, 3.8) is 0 Å². The summed E-state index contributed by atoms with van der Waals surface area (Å²) in [6.45, 7) is 0. The Hall–Kier alpha value is -2.40. The van der Waals surface area contributed by atoms with Gasteiger partial charge in [0.15, 0.2) is 0 Å². The monoisotopic (exact) mass is 338 g/mol. The van der Waals surface area contributed by atoms with Crippen molar-refractivity contribution in [2.24, 2.45) is 0 Å². The van der Waals surface area contributed by atoms with Gasteiger partial charge in [-0.2, -0.15) is 0 Å². The van der Waals surface area contributed by atoms with Gasteiger partial charge in [-0.05, 0) is 51.6 Å². The molecule has 1 aromatic carbocycles. The first-order chi connectivity index (χ1) is 10.2. The van der Waals surface area contributed by atoms with E-state index in [1.54, 1.807) is 6.20 Å². The second kappa shape index (κ2) is 4.56. The zero-order valence-corrected chi connectivity index (χ0v) is 12.6. The van der Waals surface area contributed by atoms with Gasteiger partial charge in [0.25, 0.3) is 0 Å². The van der Waals surface area contributed by atoms with Crippen molar-refractivity contribution in [2.75, 3.05) is 5.73 Å². The molecule has 0 aliphatic rings. The van der Waals surface area contributed by atoms with E-state index in [4.69, 9.17) is 5.73 Å². The molecule has 3 heterocycles. The summed E-state index contributed by atoms with van der Waals surface area (Å²) < 4.78 is 2.92. The van der Waals surface area contributed by atoms with Crippen LogP contribution < -0.4 is 5.73 Å². The molecule has 3 aromatic heterocycles. The number of anilines is 1. The molecule has 0 spiro atoms. The lowest BCUT2D eigenvalue weighted by Crippen LogP contribution is -1.96. The van der Waals surface area contributed by atoms with Crippen molar-refractivity contribution >= 4 is 43.3 Å². The van der Waals surface area contributed by atoms with Gasteiger partial charge >= 0.3 is 0 Å². The average Bonchev–Trinajstić information content (AvgIpc) is 2.92. The third-order valence-electron chi connectivity index (χ3n) is 3.57. The Labute approximate surface area is 129 Å². The van der Waals surface area contributed by atoms with Crippen molar-refractivity contribution in [2.45, 2.75) is 0 Å². The Morgan fingerprint density at radius 1 is 1.00 bits per heavy atom. The van der Waals surface area contributed by atoms with E-state index in [1.165, 1.54) is 0 Å². The number of pyridine rings is 2. The summed E-state index contributed by atoms with van der Waals surface area (Å²) in [5.74, 6) is 0.854. The molecule has 21 heavy (non-hydrogen) atoms. The van der Waals surface area contributed by atoms with Crippen LogP contribution in [0.3, 0.4) is 0 Å². The second-order valence-electron chi connectivity index (χ2n) is 4.88. The zero-order valence-electron chi connectivity index (χ0n) is 11.0. The highest BCUT2D eigenvalue weighted by Crippen LogP contribution is 2.27. The highest BCUT2D eigenvalue weighted by atomic mass is 79.9. The molecule has 0 atom stereocenters. The number of benzene rings is 1. The third-order valence-corrected chi connectivity index (χ3v) is 4.25. The molecule has 0 amide bonds. The first-order valence-corrected chi connectivity index (χ1v) is 7.28. The molecular formula is C16H11BrN4. The van der Waals surface area contributed by atoms with Crippen LogP contribution in [0.2, 0.25) is 0 Å². The van der Waals surface area contributed by atoms with Crippen LogP contribution in [0.15, 0.2) is 59.6 Å². The number of hydrogen-bond acceptors (Lipinski definition) is 3. The molecule has 0 bridgehead atoms. The lowest BCUT2D eigenvalue weighted by atomic mass is 10.1. The van der Waals surface area contributed by atoms with Crippen LogP contribution in [0.4, 0.5) is 5.69 Å². The van der Waals surface area contributed by atoms with E-state index in [2.05, 4.69) is 32.0 Å². The van der Waals surface area contributed by atoms with Crippen LogP contribution in [0.1, 0.15) is 0 Å². The SMILES string of the molecule is Nc1cc2cc(-n3ccc4ccncc43)ncc2cc1Br. The van der Waals surface area contributed by atoms with Crippen LogP contribution in [0, 0.1) is 0 Å². The van der Waals surface area contributed by atoms with Gasteiger partial charge in [-0.1, -0.05) is 0 Å². The van der Waals surface area contributed by atoms with E-state index in [0.717, 1.165) is 37.7 Å². The van der Waals surface area contributed by atoms with E-state index in [9.17, 15) is 0 Å². The molecule has 4 rings (SSSR count). The van der Waals surface area contributed by atoms with Crippen LogP contribution in [0.25, 0.3) is 27.5 Å². The van der Waals surface area contributed by atoms with Gasteiger partial charge in [0.05, 0.1) is 11.7 Å². The van der Waals surface area contributed by atoms with Gasteiger partial charge in [-0.3, -0.25) is 9.55 Å². The molecule has 0 radical (unpaired) electrons. The summed E-state index contributed by atoms with van der Waals surface area (Å²) in [4.78, 5) is 8.73. The summed E-state index contributed by atoms with van der Waals surface area (Å²) in [6.07, 6.45) is 7.50. The molecule has 102 valence electrons. The molecule has 0 aliphatic carbocycles. The molecule has 0 aliphatic heterocycles. The van der Waals surface area contributed by atoms with Crippen molar-refractivity contribution < 1.29 is 0 Å². The smallest absolute Gasteiger partial charge is 0.137 e. The number of hydrogen-bond donors (Lipinski definition) is 1. The number of aromatic nitrogens is 3. The maximum Gasteiger partial charge on any atom is 0.137 e. The normalized spacial score (nSPS) is 11.3. The first kappa shape index (κ1) is 12.3. The fraction of sp³-hybridized carbons (Fsp3) is 0.